The standard InChI is InChI=1S/C26H29N5O/c27-15-19-1-4-20-9-12-31(17-22(20)13-19)11-8-18-2-5-23(6-3-18)30-26(32)25-14-24-21(16-29-25)7-10-28-24/h1,4,7,10,13-14,16,18,23,28H,2-3,5-6,8-9,11-12,17H2,(H,30,32). The molecule has 32 heavy (non-hydrogen) atoms. The Morgan fingerprint density at radius 3 is 2.91 bits per heavy atom. The number of hydrogen-bond acceptors (Lipinski definition) is 4. The van der Waals surface area contributed by atoms with Gasteiger partial charge in [0.2, 0.25) is 0 Å². The molecular weight excluding hydrogens is 398 g/mol. The summed E-state index contributed by atoms with van der Waals surface area (Å²) in [7, 11) is 0. The van der Waals surface area contributed by atoms with Crippen LogP contribution in [-0.2, 0) is 13.0 Å². The van der Waals surface area contributed by atoms with Gasteiger partial charge < -0.3 is 10.3 Å². The molecular formula is C26H29N5O. The molecule has 0 spiro atoms. The number of hydrogen-bond donors (Lipinski definition) is 2. The Labute approximate surface area is 188 Å². The molecule has 1 fully saturated rings. The van der Waals surface area contributed by atoms with Crippen LogP contribution in [-0.4, -0.2) is 39.9 Å². The number of nitrogens with zero attached hydrogens (tertiary/aromatic N) is 3. The van der Waals surface area contributed by atoms with Crippen molar-refractivity contribution in [2.45, 2.75) is 51.1 Å². The Balaban J connectivity index is 1.07. The summed E-state index contributed by atoms with van der Waals surface area (Å²) in [6.45, 7) is 3.16. The largest absolute Gasteiger partial charge is 0.361 e. The highest BCUT2D eigenvalue weighted by atomic mass is 16.1. The first-order valence-corrected chi connectivity index (χ1v) is 11.7. The molecule has 0 saturated heterocycles. The van der Waals surface area contributed by atoms with Gasteiger partial charge in [0.15, 0.2) is 0 Å². The van der Waals surface area contributed by atoms with Crippen molar-refractivity contribution < 1.29 is 4.79 Å². The van der Waals surface area contributed by atoms with Crippen LogP contribution in [0.4, 0.5) is 0 Å². The number of carbonyl (C=O) groups is 1. The molecule has 6 nitrogen and oxygen atoms in total. The van der Waals surface area contributed by atoms with E-state index in [9.17, 15) is 4.79 Å². The third-order valence-corrected chi connectivity index (χ3v) is 7.13. The highest BCUT2D eigenvalue weighted by Crippen LogP contribution is 2.28. The van der Waals surface area contributed by atoms with Crippen LogP contribution in [0.3, 0.4) is 0 Å². The molecule has 2 aromatic heterocycles. The Kier molecular flexibility index (Phi) is 5.91. The average Bonchev–Trinajstić information content (AvgIpc) is 3.31. The van der Waals surface area contributed by atoms with Gasteiger partial charge in [-0.15, -0.1) is 0 Å². The van der Waals surface area contributed by atoms with Gasteiger partial charge in [0.05, 0.1) is 11.6 Å². The Bertz CT molecular complexity index is 1150. The molecule has 1 saturated carbocycles. The average molecular weight is 428 g/mol. The lowest BCUT2D eigenvalue weighted by molar-refractivity contribution is 0.0914. The van der Waals surface area contributed by atoms with Crippen LogP contribution in [0.2, 0.25) is 0 Å². The predicted octanol–water partition coefficient (Wildman–Crippen LogP) is 4.17. The number of benzene rings is 1. The zero-order chi connectivity index (χ0) is 21.9. The van der Waals surface area contributed by atoms with Crippen molar-refractivity contribution in [2.75, 3.05) is 13.1 Å². The van der Waals surface area contributed by atoms with Gasteiger partial charge in [-0.2, -0.15) is 5.26 Å². The van der Waals surface area contributed by atoms with Crippen molar-refractivity contribution in [2.24, 2.45) is 5.92 Å². The highest BCUT2D eigenvalue weighted by molar-refractivity contribution is 5.95. The third-order valence-electron chi connectivity index (χ3n) is 7.13. The first-order chi connectivity index (χ1) is 15.7. The summed E-state index contributed by atoms with van der Waals surface area (Å²) < 4.78 is 0. The van der Waals surface area contributed by atoms with Crippen molar-refractivity contribution in [3.05, 3.63) is 65.1 Å². The molecule has 5 rings (SSSR count). The van der Waals surface area contributed by atoms with Crippen LogP contribution in [0.5, 0.6) is 0 Å². The van der Waals surface area contributed by atoms with Crippen LogP contribution in [0, 0.1) is 17.2 Å². The quantitative estimate of drug-likeness (QED) is 0.640. The molecule has 1 aliphatic heterocycles. The van der Waals surface area contributed by atoms with Gasteiger partial charge >= 0.3 is 0 Å². The van der Waals surface area contributed by atoms with E-state index in [0.29, 0.717) is 5.69 Å². The van der Waals surface area contributed by atoms with E-state index in [0.717, 1.165) is 74.1 Å². The second-order valence-electron chi connectivity index (χ2n) is 9.24. The first-order valence-electron chi connectivity index (χ1n) is 11.7. The van der Waals surface area contributed by atoms with Gasteiger partial charge in [0.25, 0.3) is 5.91 Å². The summed E-state index contributed by atoms with van der Waals surface area (Å²) >= 11 is 0. The van der Waals surface area contributed by atoms with Crippen molar-refractivity contribution in [3.8, 4) is 6.07 Å². The summed E-state index contributed by atoms with van der Waals surface area (Å²) in [4.78, 5) is 22.6. The van der Waals surface area contributed by atoms with Gasteiger partial charge in [0.1, 0.15) is 5.69 Å². The predicted molar refractivity (Wildman–Crippen MR) is 124 cm³/mol. The monoisotopic (exact) mass is 427 g/mol. The van der Waals surface area contributed by atoms with E-state index in [1.807, 2.05) is 24.4 Å². The number of pyridine rings is 1. The smallest absolute Gasteiger partial charge is 0.270 e. The highest BCUT2D eigenvalue weighted by Gasteiger charge is 2.24. The number of amides is 1. The summed E-state index contributed by atoms with van der Waals surface area (Å²) in [5.41, 5.74) is 4.88. The molecule has 164 valence electrons. The second-order valence-corrected chi connectivity index (χ2v) is 9.24. The van der Waals surface area contributed by atoms with E-state index >= 15 is 0 Å². The third kappa shape index (κ3) is 4.53. The minimum atomic E-state index is -0.0753. The molecule has 0 unspecified atom stereocenters. The Hall–Kier alpha value is -3.17. The van der Waals surface area contributed by atoms with E-state index in [4.69, 9.17) is 5.26 Å². The maximum atomic E-state index is 12.6. The number of nitrogens with one attached hydrogen (secondary N) is 2. The molecule has 3 aromatic rings. The SMILES string of the molecule is N#Cc1ccc2c(c1)CN(CCC1CCC(NC(=O)c3cc4[nH]ccc4cn3)CC1)CC2. The molecule has 6 heteroatoms. The minimum absolute atomic E-state index is 0.0753. The van der Waals surface area contributed by atoms with Crippen LogP contribution >= 0.6 is 0 Å². The second kappa shape index (κ2) is 9.13. The van der Waals surface area contributed by atoms with Gasteiger partial charge in [-0.25, -0.2) is 0 Å². The van der Waals surface area contributed by atoms with E-state index < -0.39 is 0 Å². The lowest BCUT2D eigenvalue weighted by Crippen LogP contribution is -2.38. The molecule has 0 bridgehead atoms. The number of nitriles is 1. The fourth-order valence-electron chi connectivity index (χ4n) is 5.17. The first kappa shape index (κ1) is 20.7. The Morgan fingerprint density at radius 2 is 2.06 bits per heavy atom. The number of aromatic amines is 1. The number of fused-ring (bicyclic) bond motifs is 2. The van der Waals surface area contributed by atoms with Gasteiger partial charge in [0, 0.05) is 42.4 Å². The molecule has 0 radical (unpaired) electrons. The van der Waals surface area contributed by atoms with Crippen LogP contribution in [0.15, 0.2) is 42.7 Å². The minimum Gasteiger partial charge on any atom is -0.361 e. The van der Waals surface area contributed by atoms with Crippen LogP contribution in [0.1, 0.15) is 59.3 Å². The van der Waals surface area contributed by atoms with E-state index in [-0.39, 0.29) is 11.9 Å². The zero-order valence-corrected chi connectivity index (χ0v) is 18.3. The van der Waals surface area contributed by atoms with E-state index in [1.54, 1.807) is 6.20 Å². The summed E-state index contributed by atoms with van der Waals surface area (Å²) in [6, 6.07) is 12.4. The molecule has 1 amide bonds. The maximum Gasteiger partial charge on any atom is 0.270 e. The molecule has 3 heterocycles. The number of rotatable bonds is 5. The van der Waals surface area contributed by atoms with Crippen LogP contribution in [0.25, 0.3) is 10.9 Å². The lowest BCUT2D eigenvalue weighted by Gasteiger charge is -2.33. The van der Waals surface area contributed by atoms with Gasteiger partial charge in [-0.05, 0) is 86.4 Å². The van der Waals surface area contributed by atoms with Gasteiger partial charge in [-0.1, -0.05) is 6.07 Å². The molecule has 0 atom stereocenters. The lowest BCUT2D eigenvalue weighted by atomic mass is 9.84. The number of carbonyl (C=O) groups excluding carboxylic acids is 1. The Morgan fingerprint density at radius 1 is 1.19 bits per heavy atom. The summed E-state index contributed by atoms with van der Waals surface area (Å²) in [5, 5.41) is 13.4. The van der Waals surface area contributed by atoms with E-state index in [2.05, 4.69) is 38.4 Å². The molecule has 1 aromatic carbocycles. The van der Waals surface area contributed by atoms with Crippen LogP contribution < -0.4 is 5.32 Å². The number of aromatic nitrogens is 2. The molecule has 2 aliphatic rings. The summed E-state index contributed by atoms with van der Waals surface area (Å²) in [5.74, 6) is 0.650. The van der Waals surface area contributed by atoms with Gasteiger partial charge in [-0.3, -0.25) is 14.7 Å². The fraction of sp³-hybridized carbons (Fsp3) is 0.423. The van der Waals surface area contributed by atoms with Crippen molar-refractivity contribution in [3.63, 3.8) is 0 Å². The molecule has 2 N–H and O–H groups in total. The maximum absolute atomic E-state index is 12.6. The normalized spacial score (nSPS) is 21.1. The zero-order valence-electron chi connectivity index (χ0n) is 18.3. The van der Waals surface area contributed by atoms with E-state index in [1.165, 1.54) is 17.5 Å². The van der Waals surface area contributed by atoms with Crippen molar-refractivity contribution in [1.29, 1.82) is 5.26 Å². The van der Waals surface area contributed by atoms with Crippen molar-refractivity contribution in [1.82, 2.24) is 20.2 Å². The topological polar surface area (TPSA) is 84.8 Å². The summed E-state index contributed by atoms with van der Waals surface area (Å²) in [6.07, 6.45) is 10.3. The fourth-order valence-corrected chi connectivity index (χ4v) is 5.17. The van der Waals surface area contributed by atoms with Crippen molar-refractivity contribution >= 4 is 16.8 Å². The number of H-pyrrole nitrogens is 1. The molecule has 1 aliphatic carbocycles.